The van der Waals surface area contributed by atoms with Crippen molar-refractivity contribution < 1.29 is 4.42 Å². The van der Waals surface area contributed by atoms with Crippen LogP contribution in [-0.2, 0) is 5.41 Å². The fourth-order valence-electron chi connectivity index (χ4n) is 10.1. The average molecular weight is 754 g/mol. The van der Waals surface area contributed by atoms with Gasteiger partial charge in [-0.3, -0.25) is 0 Å². The molecule has 0 fully saturated rings. The normalized spacial score (nSPS) is 13.1. The molecule has 0 saturated carbocycles. The maximum Gasteiger partial charge on any atom is 0.136 e. The number of benzene rings is 10. The van der Waals surface area contributed by atoms with Gasteiger partial charge < -0.3 is 9.32 Å². The Balaban J connectivity index is 1.12. The van der Waals surface area contributed by atoms with Crippen molar-refractivity contribution >= 4 is 71.3 Å². The molecule has 10 aromatic carbocycles. The van der Waals surface area contributed by atoms with Crippen LogP contribution in [0.2, 0.25) is 0 Å². The molecule has 1 heterocycles. The molecule has 0 atom stereocenters. The van der Waals surface area contributed by atoms with Crippen LogP contribution >= 0.6 is 0 Å². The molecule has 11 aromatic rings. The van der Waals surface area contributed by atoms with E-state index >= 15 is 0 Å². The van der Waals surface area contributed by atoms with Crippen LogP contribution in [0.4, 0.5) is 17.1 Å². The summed E-state index contributed by atoms with van der Waals surface area (Å²) >= 11 is 0. The summed E-state index contributed by atoms with van der Waals surface area (Å²) in [7, 11) is 0. The summed E-state index contributed by atoms with van der Waals surface area (Å²) in [6.07, 6.45) is 0. The third kappa shape index (κ3) is 5.00. The molecular weight excluding hydrogens is 715 g/mol. The van der Waals surface area contributed by atoms with Gasteiger partial charge in [-0.1, -0.05) is 166 Å². The predicted molar refractivity (Wildman–Crippen MR) is 249 cm³/mol. The maximum absolute atomic E-state index is 6.44. The number of nitrogens with zero attached hydrogens (tertiary/aromatic N) is 1. The highest BCUT2D eigenvalue weighted by Crippen LogP contribution is 2.52. The molecule has 0 saturated heterocycles. The van der Waals surface area contributed by atoms with Crippen LogP contribution < -0.4 is 4.90 Å². The van der Waals surface area contributed by atoms with Gasteiger partial charge in [0.15, 0.2) is 0 Å². The van der Waals surface area contributed by atoms with Crippen molar-refractivity contribution in [1.29, 1.82) is 0 Å². The van der Waals surface area contributed by atoms with Gasteiger partial charge in [0.2, 0.25) is 0 Å². The second-order valence-electron chi connectivity index (χ2n) is 16.4. The number of hydrogen-bond donors (Lipinski definition) is 0. The molecule has 0 aliphatic heterocycles. The molecule has 0 spiro atoms. The summed E-state index contributed by atoms with van der Waals surface area (Å²) < 4.78 is 6.44. The smallest absolute Gasteiger partial charge is 0.136 e. The minimum atomic E-state index is -0.139. The van der Waals surface area contributed by atoms with Crippen LogP contribution in [0, 0.1) is 0 Å². The SMILES string of the molecule is CC1(C)c2ccccc2-c2ccc(N(c3ccccc3-c3ccccc3)c3ccccc3-c3ccc4c5ccccc5c5c(ccc6oc7ccccc7c65)c4c3)cc21. The van der Waals surface area contributed by atoms with Crippen molar-refractivity contribution in [3.8, 4) is 33.4 Å². The van der Waals surface area contributed by atoms with Gasteiger partial charge in [-0.2, -0.15) is 0 Å². The average Bonchev–Trinajstić information content (AvgIpc) is 3.79. The van der Waals surface area contributed by atoms with Crippen molar-refractivity contribution in [2.75, 3.05) is 4.90 Å². The Morgan fingerprint density at radius 1 is 0.356 bits per heavy atom. The topological polar surface area (TPSA) is 16.4 Å². The predicted octanol–water partition coefficient (Wildman–Crippen LogP) is 16.2. The van der Waals surface area contributed by atoms with E-state index in [2.05, 4.69) is 213 Å². The first-order valence-corrected chi connectivity index (χ1v) is 20.5. The molecule has 12 rings (SSSR count). The Hall–Kier alpha value is -7.42. The summed E-state index contributed by atoms with van der Waals surface area (Å²) in [6.45, 7) is 4.72. The fraction of sp³-hybridized carbons (Fsp3) is 0.0526. The first-order valence-electron chi connectivity index (χ1n) is 20.5. The van der Waals surface area contributed by atoms with Gasteiger partial charge in [-0.15, -0.1) is 0 Å². The molecule has 1 aliphatic carbocycles. The molecule has 59 heavy (non-hydrogen) atoms. The summed E-state index contributed by atoms with van der Waals surface area (Å²) in [5, 5.41) is 9.74. The fourth-order valence-corrected chi connectivity index (χ4v) is 10.1. The minimum absolute atomic E-state index is 0.139. The van der Waals surface area contributed by atoms with E-state index in [4.69, 9.17) is 4.42 Å². The van der Waals surface area contributed by atoms with E-state index < -0.39 is 0 Å². The van der Waals surface area contributed by atoms with Gasteiger partial charge in [0.25, 0.3) is 0 Å². The molecule has 0 unspecified atom stereocenters. The Labute approximate surface area is 343 Å². The molecule has 0 bridgehead atoms. The molecule has 0 radical (unpaired) electrons. The van der Waals surface area contributed by atoms with E-state index in [9.17, 15) is 0 Å². The molecule has 1 aliphatic rings. The van der Waals surface area contributed by atoms with Crippen molar-refractivity contribution in [2.24, 2.45) is 0 Å². The van der Waals surface area contributed by atoms with Crippen molar-refractivity contribution in [1.82, 2.24) is 0 Å². The number of furan rings is 1. The van der Waals surface area contributed by atoms with Crippen LogP contribution in [0.3, 0.4) is 0 Å². The zero-order valence-electron chi connectivity index (χ0n) is 32.9. The lowest BCUT2D eigenvalue weighted by Gasteiger charge is -2.31. The lowest BCUT2D eigenvalue weighted by molar-refractivity contribution is 0.660. The molecule has 278 valence electrons. The zero-order chi connectivity index (χ0) is 39.2. The largest absolute Gasteiger partial charge is 0.456 e. The second kappa shape index (κ2) is 12.8. The van der Waals surface area contributed by atoms with Gasteiger partial charge >= 0.3 is 0 Å². The Morgan fingerprint density at radius 3 is 1.73 bits per heavy atom. The first kappa shape index (κ1) is 33.7. The highest BCUT2D eigenvalue weighted by atomic mass is 16.3. The van der Waals surface area contributed by atoms with Crippen LogP contribution in [0.5, 0.6) is 0 Å². The summed E-state index contributed by atoms with van der Waals surface area (Å²) in [5.41, 5.74) is 15.1. The standard InChI is InChI=1S/C57H39NO/c1-57(2)49-24-12-8-21-43(49)44-31-29-38(35-50(44)57)58(51-25-13-9-18-39(51)36-16-4-3-5-17-36)52-26-14-10-19-40(52)37-28-30-42-41-20-6-7-22-45(41)55-46(48(42)34-37)32-33-54-56(55)47-23-11-15-27-53(47)59-54/h3-35H,1-2H3. The summed E-state index contributed by atoms with van der Waals surface area (Å²) in [4.78, 5) is 2.49. The van der Waals surface area contributed by atoms with Crippen LogP contribution in [-0.4, -0.2) is 0 Å². The summed E-state index contributed by atoms with van der Waals surface area (Å²) in [5.74, 6) is 0. The number of para-hydroxylation sites is 3. The molecule has 1 aromatic heterocycles. The third-order valence-electron chi connectivity index (χ3n) is 12.9. The molecule has 2 nitrogen and oxygen atoms in total. The van der Waals surface area contributed by atoms with E-state index in [0.717, 1.165) is 44.7 Å². The van der Waals surface area contributed by atoms with Gasteiger partial charge in [0.1, 0.15) is 11.2 Å². The number of anilines is 3. The lowest BCUT2D eigenvalue weighted by Crippen LogP contribution is -2.17. The molecule has 0 amide bonds. The van der Waals surface area contributed by atoms with E-state index in [0.29, 0.717) is 0 Å². The molecular formula is C57H39NO. The lowest BCUT2D eigenvalue weighted by atomic mass is 9.82. The van der Waals surface area contributed by atoms with Crippen LogP contribution in [0.25, 0.3) is 87.6 Å². The summed E-state index contributed by atoms with van der Waals surface area (Å²) in [6, 6.07) is 73.2. The second-order valence-corrected chi connectivity index (χ2v) is 16.4. The van der Waals surface area contributed by atoms with Gasteiger partial charge in [-0.25, -0.2) is 0 Å². The van der Waals surface area contributed by atoms with E-state index in [1.165, 1.54) is 71.1 Å². The number of fused-ring (bicyclic) bond motifs is 13. The van der Waals surface area contributed by atoms with Gasteiger partial charge in [0.05, 0.1) is 11.4 Å². The molecule has 0 N–H and O–H groups in total. The van der Waals surface area contributed by atoms with Crippen molar-refractivity contribution in [3.63, 3.8) is 0 Å². The monoisotopic (exact) mass is 753 g/mol. The minimum Gasteiger partial charge on any atom is -0.456 e. The highest BCUT2D eigenvalue weighted by Gasteiger charge is 2.36. The van der Waals surface area contributed by atoms with Gasteiger partial charge in [0, 0.05) is 38.4 Å². The van der Waals surface area contributed by atoms with Crippen molar-refractivity contribution in [3.05, 3.63) is 211 Å². The van der Waals surface area contributed by atoms with E-state index in [-0.39, 0.29) is 5.41 Å². The van der Waals surface area contributed by atoms with E-state index in [1.807, 2.05) is 6.07 Å². The quantitative estimate of drug-likeness (QED) is 0.163. The third-order valence-corrected chi connectivity index (χ3v) is 12.9. The highest BCUT2D eigenvalue weighted by molar-refractivity contribution is 6.34. The Morgan fingerprint density at radius 2 is 0.932 bits per heavy atom. The number of hydrogen-bond acceptors (Lipinski definition) is 2. The first-order chi connectivity index (χ1) is 29.0. The molecule has 2 heteroatoms. The van der Waals surface area contributed by atoms with E-state index in [1.54, 1.807) is 0 Å². The van der Waals surface area contributed by atoms with Crippen molar-refractivity contribution in [2.45, 2.75) is 19.3 Å². The maximum atomic E-state index is 6.44. The Bertz CT molecular complexity index is 3480. The Kier molecular flexibility index (Phi) is 7.31. The zero-order valence-corrected chi connectivity index (χ0v) is 32.9. The van der Waals surface area contributed by atoms with Crippen LogP contribution in [0.1, 0.15) is 25.0 Å². The number of rotatable bonds is 5. The van der Waals surface area contributed by atoms with Gasteiger partial charge in [-0.05, 0) is 109 Å². The van der Waals surface area contributed by atoms with Crippen LogP contribution in [0.15, 0.2) is 205 Å².